The lowest BCUT2D eigenvalue weighted by Crippen LogP contribution is -2.41. The molecule has 0 bridgehead atoms. The minimum absolute atomic E-state index is 0.274. The highest BCUT2D eigenvalue weighted by Crippen LogP contribution is 2.25. The molecule has 18 heavy (non-hydrogen) atoms. The Kier molecular flexibility index (Phi) is 5.04. The van der Waals surface area contributed by atoms with Crippen LogP contribution in [0.25, 0.3) is 0 Å². The van der Waals surface area contributed by atoms with Gasteiger partial charge in [0, 0.05) is 32.0 Å². The number of ether oxygens (including phenoxy) is 1. The summed E-state index contributed by atoms with van der Waals surface area (Å²) in [7, 11) is -2.86. The molecule has 1 saturated carbocycles. The first-order chi connectivity index (χ1) is 8.54. The molecule has 1 atom stereocenters. The van der Waals surface area contributed by atoms with E-state index in [1.165, 1.54) is 31.9 Å². The van der Waals surface area contributed by atoms with Crippen molar-refractivity contribution in [2.24, 2.45) is 0 Å². The van der Waals surface area contributed by atoms with Crippen molar-refractivity contribution in [1.82, 2.24) is 4.90 Å². The van der Waals surface area contributed by atoms with Crippen LogP contribution in [-0.4, -0.2) is 57.2 Å². The van der Waals surface area contributed by atoms with E-state index in [2.05, 4.69) is 4.90 Å². The third-order valence-electron chi connectivity index (χ3n) is 4.05. The maximum Gasteiger partial charge on any atom is 0.148 e. The maximum absolute atomic E-state index is 11.3. The van der Waals surface area contributed by atoms with E-state index in [4.69, 9.17) is 4.74 Å². The van der Waals surface area contributed by atoms with E-state index in [9.17, 15) is 8.42 Å². The van der Waals surface area contributed by atoms with Crippen LogP contribution in [0.5, 0.6) is 0 Å². The first-order valence-electron chi connectivity index (χ1n) is 7.08. The van der Waals surface area contributed by atoms with Gasteiger partial charge in [-0.2, -0.15) is 0 Å². The minimum atomic E-state index is -2.86. The van der Waals surface area contributed by atoms with Crippen LogP contribution in [0.2, 0.25) is 0 Å². The summed E-state index contributed by atoms with van der Waals surface area (Å²) >= 11 is 0. The molecule has 0 N–H and O–H groups in total. The van der Waals surface area contributed by atoms with Gasteiger partial charge < -0.3 is 4.74 Å². The number of hydrogen-bond acceptors (Lipinski definition) is 4. The molecular weight excluding hydrogens is 250 g/mol. The lowest BCUT2D eigenvalue weighted by Gasteiger charge is -2.30. The zero-order valence-corrected chi connectivity index (χ0v) is 12.1. The monoisotopic (exact) mass is 275 g/mol. The number of sulfone groups is 1. The van der Waals surface area contributed by atoms with Crippen LogP contribution in [0.15, 0.2) is 0 Å². The van der Waals surface area contributed by atoms with Crippen LogP contribution >= 0.6 is 0 Å². The summed E-state index contributed by atoms with van der Waals surface area (Å²) in [6, 6.07) is 0.580. The Bertz CT molecular complexity index is 343. The maximum atomic E-state index is 11.3. The van der Waals surface area contributed by atoms with Crippen molar-refractivity contribution < 1.29 is 13.2 Å². The molecule has 0 aromatic rings. The largest absolute Gasteiger partial charge is 0.377 e. The molecule has 106 valence electrons. The second kappa shape index (κ2) is 6.35. The molecule has 2 rings (SSSR count). The molecule has 1 aliphatic heterocycles. The lowest BCUT2D eigenvalue weighted by molar-refractivity contribution is 0.0603. The number of rotatable bonds is 6. The van der Waals surface area contributed by atoms with Crippen molar-refractivity contribution in [2.75, 3.05) is 31.7 Å². The summed E-state index contributed by atoms with van der Waals surface area (Å²) in [6.07, 6.45) is 8.93. The molecule has 1 aliphatic carbocycles. The second-order valence-electron chi connectivity index (χ2n) is 5.70. The number of hydrogen-bond donors (Lipinski definition) is 0. The lowest BCUT2D eigenvalue weighted by atomic mass is 10.1. The van der Waals surface area contributed by atoms with E-state index < -0.39 is 9.84 Å². The fourth-order valence-corrected chi connectivity index (χ4v) is 3.59. The highest BCUT2D eigenvalue weighted by Gasteiger charge is 2.27. The van der Waals surface area contributed by atoms with E-state index in [0.29, 0.717) is 18.7 Å². The Balaban J connectivity index is 1.88. The summed E-state index contributed by atoms with van der Waals surface area (Å²) in [4.78, 5) is 2.37. The molecule has 0 radical (unpaired) electrons. The van der Waals surface area contributed by atoms with Gasteiger partial charge in [0.1, 0.15) is 9.84 Å². The molecule has 0 spiro atoms. The minimum Gasteiger partial charge on any atom is -0.377 e. The van der Waals surface area contributed by atoms with Gasteiger partial charge in [-0.1, -0.05) is 12.8 Å². The fourth-order valence-electron chi connectivity index (χ4n) is 3.03. The highest BCUT2D eigenvalue weighted by molar-refractivity contribution is 7.90. The van der Waals surface area contributed by atoms with Crippen molar-refractivity contribution in [3.05, 3.63) is 0 Å². The van der Waals surface area contributed by atoms with Gasteiger partial charge >= 0.3 is 0 Å². The van der Waals surface area contributed by atoms with E-state index in [1.54, 1.807) is 0 Å². The zero-order valence-electron chi connectivity index (χ0n) is 11.3. The van der Waals surface area contributed by atoms with Gasteiger partial charge in [-0.15, -0.1) is 0 Å². The molecule has 1 saturated heterocycles. The van der Waals surface area contributed by atoms with Crippen molar-refractivity contribution >= 4 is 9.84 Å². The van der Waals surface area contributed by atoms with Gasteiger partial charge in [0.25, 0.3) is 0 Å². The van der Waals surface area contributed by atoms with Crippen LogP contribution in [0.3, 0.4) is 0 Å². The van der Waals surface area contributed by atoms with Gasteiger partial charge in [-0.05, 0) is 25.7 Å². The van der Waals surface area contributed by atoms with Crippen molar-refractivity contribution in [1.29, 1.82) is 0 Å². The van der Waals surface area contributed by atoms with E-state index in [-0.39, 0.29) is 5.75 Å². The molecule has 1 heterocycles. The Morgan fingerprint density at radius 1 is 1.17 bits per heavy atom. The summed E-state index contributed by atoms with van der Waals surface area (Å²) < 4.78 is 28.3. The second-order valence-corrected chi connectivity index (χ2v) is 7.96. The zero-order chi connectivity index (χ0) is 13.0. The van der Waals surface area contributed by atoms with Crippen molar-refractivity contribution in [3.63, 3.8) is 0 Å². The van der Waals surface area contributed by atoms with Crippen LogP contribution in [0.4, 0.5) is 0 Å². The fraction of sp³-hybridized carbons (Fsp3) is 1.00. The average molecular weight is 275 g/mol. The van der Waals surface area contributed by atoms with Gasteiger partial charge in [0.15, 0.2) is 0 Å². The van der Waals surface area contributed by atoms with Crippen LogP contribution < -0.4 is 0 Å². The van der Waals surface area contributed by atoms with Gasteiger partial charge in [0.05, 0.1) is 11.9 Å². The molecule has 0 aromatic carbocycles. The van der Waals surface area contributed by atoms with Crippen molar-refractivity contribution in [2.45, 2.75) is 50.7 Å². The standard InChI is InChI=1S/C13H25NO3S/c1-18(15,16)10-8-14(12-5-2-3-6-12)11-13-7-4-9-17-13/h12-13H,2-11H2,1H3/t13-/m1/s1. The Morgan fingerprint density at radius 3 is 2.44 bits per heavy atom. The van der Waals surface area contributed by atoms with Gasteiger partial charge in [0.2, 0.25) is 0 Å². The first kappa shape index (κ1) is 14.3. The van der Waals surface area contributed by atoms with Crippen LogP contribution in [0, 0.1) is 0 Å². The number of nitrogens with zero attached hydrogens (tertiary/aromatic N) is 1. The quantitative estimate of drug-likeness (QED) is 0.736. The summed E-state index contributed by atoms with van der Waals surface area (Å²) in [5.41, 5.74) is 0. The predicted octanol–water partition coefficient (Wildman–Crippen LogP) is 1.45. The first-order valence-corrected chi connectivity index (χ1v) is 9.14. The average Bonchev–Trinajstić information content (AvgIpc) is 2.95. The molecule has 0 aromatic heterocycles. The van der Waals surface area contributed by atoms with E-state index >= 15 is 0 Å². The predicted molar refractivity (Wildman–Crippen MR) is 72.5 cm³/mol. The Morgan fingerprint density at radius 2 is 1.89 bits per heavy atom. The SMILES string of the molecule is CS(=O)(=O)CCN(C[C@H]1CCCO1)C1CCCC1. The summed E-state index contributed by atoms with van der Waals surface area (Å²) in [6.45, 7) is 2.46. The smallest absolute Gasteiger partial charge is 0.148 e. The Labute approximate surface area is 111 Å². The third kappa shape index (κ3) is 4.52. The molecule has 2 fully saturated rings. The van der Waals surface area contributed by atoms with E-state index in [1.807, 2.05) is 0 Å². The molecule has 4 nitrogen and oxygen atoms in total. The van der Waals surface area contributed by atoms with Gasteiger partial charge in [-0.3, -0.25) is 4.90 Å². The summed E-state index contributed by atoms with van der Waals surface area (Å²) in [5.74, 6) is 0.274. The molecular formula is C13H25NO3S. The van der Waals surface area contributed by atoms with Crippen LogP contribution in [-0.2, 0) is 14.6 Å². The Hall–Kier alpha value is -0.130. The molecule has 0 unspecified atom stereocenters. The molecule has 5 heteroatoms. The molecule has 0 amide bonds. The van der Waals surface area contributed by atoms with Crippen LogP contribution in [0.1, 0.15) is 38.5 Å². The highest BCUT2D eigenvalue weighted by atomic mass is 32.2. The van der Waals surface area contributed by atoms with Crippen molar-refractivity contribution in [3.8, 4) is 0 Å². The third-order valence-corrected chi connectivity index (χ3v) is 4.98. The molecule has 2 aliphatic rings. The topological polar surface area (TPSA) is 46.6 Å². The van der Waals surface area contributed by atoms with E-state index in [0.717, 1.165) is 26.0 Å². The summed E-state index contributed by atoms with van der Waals surface area (Å²) in [5, 5.41) is 0. The normalized spacial score (nSPS) is 26.2. The van der Waals surface area contributed by atoms with Gasteiger partial charge in [-0.25, -0.2) is 8.42 Å².